The standard InChI is InChI=1S/C13H13ClN2O/c1-15-11-5-6-16-12(8-11)9-17-13-4-2-3-10(14)7-13/h2-8H,9H2,1H3,(H,15,16). The van der Waals surface area contributed by atoms with Crippen molar-refractivity contribution in [1.29, 1.82) is 0 Å². The molecule has 0 atom stereocenters. The van der Waals surface area contributed by atoms with Crippen LogP contribution in [-0.2, 0) is 6.61 Å². The summed E-state index contributed by atoms with van der Waals surface area (Å²) in [4.78, 5) is 4.23. The van der Waals surface area contributed by atoms with Crippen LogP contribution < -0.4 is 10.1 Å². The number of nitrogens with one attached hydrogen (secondary N) is 1. The SMILES string of the molecule is CNc1ccnc(COc2cccc(Cl)c2)c1. The molecule has 2 rings (SSSR count). The molecule has 0 aliphatic rings. The van der Waals surface area contributed by atoms with Crippen molar-refractivity contribution in [2.24, 2.45) is 0 Å². The van der Waals surface area contributed by atoms with E-state index in [1.807, 2.05) is 37.4 Å². The molecular weight excluding hydrogens is 236 g/mol. The van der Waals surface area contributed by atoms with Gasteiger partial charge in [-0.3, -0.25) is 4.98 Å². The second kappa shape index (κ2) is 5.55. The van der Waals surface area contributed by atoms with Crippen molar-refractivity contribution in [3.05, 3.63) is 53.3 Å². The van der Waals surface area contributed by atoms with Crippen LogP contribution in [0.25, 0.3) is 0 Å². The fourth-order valence-electron chi connectivity index (χ4n) is 1.43. The molecule has 0 unspecified atom stereocenters. The van der Waals surface area contributed by atoms with Gasteiger partial charge in [0.25, 0.3) is 0 Å². The lowest BCUT2D eigenvalue weighted by molar-refractivity contribution is 0.301. The molecule has 4 heteroatoms. The van der Waals surface area contributed by atoms with E-state index in [9.17, 15) is 0 Å². The summed E-state index contributed by atoms with van der Waals surface area (Å²) in [5.41, 5.74) is 1.89. The van der Waals surface area contributed by atoms with Gasteiger partial charge >= 0.3 is 0 Å². The Balaban J connectivity index is 2.02. The van der Waals surface area contributed by atoms with Crippen molar-refractivity contribution in [1.82, 2.24) is 4.98 Å². The summed E-state index contributed by atoms with van der Waals surface area (Å²) < 4.78 is 5.60. The van der Waals surface area contributed by atoms with Crippen molar-refractivity contribution in [2.45, 2.75) is 6.61 Å². The molecule has 0 fully saturated rings. The van der Waals surface area contributed by atoms with Crippen LogP contribution >= 0.6 is 11.6 Å². The average molecular weight is 249 g/mol. The lowest BCUT2D eigenvalue weighted by Gasteiger charge is -2.07. The fourth-order valence-corrected chi connectivity index (χ4v) is 1.61. The van der Waals surface area contributed by atoms with E-state index in [-0.39, 0.29) is 0 Å². The van der Waals surface area contributed by atoms with Crippen LogP contribution in [0.5, 0.6) is 5.75 Å². The molecule has 0 amide bonds. The average Bonchev–Trinajstić information content (AvgIpc) is 2.37. The molecular formula is C13H13ClN2O. The van der Waals surface area contributed by atoms with Crippen molar-refractivity contribution in [3.63, 3.8) is 0 Å². The molecule has 0 bridgehead atoms. The van der Waals surface area contributed by atoms with E-state index < -0.39 is 0 Å². The van der Waals surface area contributed by atoms with Crippen molar-refractivity contribution in [3.8, 4) is 5.75 Å². The predicted octanol–water partition coefficient (Wildman–Crippen LogP) is 3.36. The highest BCUT2D eigenvalue weighted by Crippen LogP contribution is 2.18. The Labute approximate surface area is 105 Å². The van der Waals surface area contributed by atoms with Crippen molar-refractivity contribution < 1.29 is 4.74 Å². The van der Waals surface area contributed by atoms with Gasteiger partial charge in [0, 0.05) is 24.0 Å². The normalized spacial score (nSPS) is 10.0. The first kappa shape index (κ1) is 11.7. The van der Waals surface area contributed by atoms with Crippen LogP contribution in [0.4, 0.5) is 5.69 Å². The Morgan fingerprint density at radius 3 is 2.94 bits per heavy atom. The van der Waals surface area contributed by atoms with Gasteiger partial charge in [-0.05, 0) is 30.3 Å². The van der Waals surface area contributed by atoms with Gasteiger partial charge in [0.2, 0.25) is 0 Å². The Morgan fingerprint density at radius 1 is 1.29 bits per heavy atom. The van der Waals surface area contributed by atoms with E-state index in [1.165, 1.54) is 0 Å². The molecule has 17 heavy (non-hydrogen) atoms. The predicted molar refractivity (Wildman–Crippen MR) is 69.6 cm³/mol. The molecule has 0 spiro atoms. The zero-order valence-electron chi connectivity index (χ0n) is 9.48. The van der Waals surface area contributed by atoms with E-state index >= 15 is 0 Å². The second-order valence-electron chi connectivity index (χ2n) is 3.53. The fraction of sp³-hybridized carbons (Fsp3) is 0.154. The number of nitrogens with zero attached hydrogens (tertiary/aromatic N) is 1. The molecule has 2 aromatic rings. The third kappa shape index (κ3) is 3.36. The number of rotatable bonds is 4. The van der Waals surface area contributed by atoms with Gasteiger partial charge in [-0.2, -0.15) is 0 Å². The number of aromatic nitrogens is 1. The van der Waals surface area contributed by atoms with Gasteiger partial charge in [0.05, 0.1) is 5.69 Å². The minimum absolute atomic E-state index is 0.426. The van der Waals surface area contributed by atoms with Crippen LogP contribution in [0.2, 0.25) is 5.02 Å². The van der Waals surface area contributed by atoms with Gasteiger partial charge in [0.1, 0.15) is 12.4 Å². The van der Waals surface area contributed by atoms with E-state index in [0.717, 1.165) is 17.1 Å². The van der Waals surface area contributed by atoms with Gasteiger partial charge < -0.3 is 10.1 Å². The molecule has 1 aromatic carbocycles. The first-order valence-electron chi connectivity index (χ1n) is 5.29. The second-order valence-corrected chi connectivity index (χ2v) is 3.97. The highest BCUT2D eigenvalue weighted by molar-refractivity contribution is 6.30. The van der Waals surface area contributed by atoms with E-state index in [1.54, 1.807) is 12.3 Å². The minimum atomic E-state index is 0.426. The molecule has 1 heterocycles. The molecule has 1 aromatic heterocycles. The van der Waals surface area contributed by atoms with Gasteiger partial charge in [0.15, 0.2) is 0 Å². The highest BCUT2D eigenvalue weighted by atomic mass is 35.5. The van der Waals surface area contributed by atoms with E-state index in [2.05, 4.69) is 10.3 Å². The molecule has 0 radical (unpaired) electrons. The lowest BCUT2D eigenvalue weighted by atomic mass is 10.3. The van der Waals surface area contributed by atoms with Crippen LogP contribution in [0.1, 0.15) is 5.69 Å². The Kier molecular flexibility index (Phi) is 3.83. The summed E-state index contributed by atoms with van der Waals surface area (Å²) in [6.45, 7) is 0.426. The monoisotopic (exact) mass is 248 g/mol. The summed E-state index contributed by atoms with van der Waals surface area (Å²) in [6, 6.07) is 11.2. The molecule has 0 saturated carbocycles. The van der Waals surface area contributed by atoms with Crippen LogP contribution in [0.15, 0.2) is 42.6 Å². The number of halogens is 1. The maximum absolute atomic E-state index is 5.87. The van der Waals surface area contributed by atoms with Crippen LogP contribution in [0.3, 0.4) is 0 Å². The summed E-state index contributed by atoms with van der Waals surface area (Å²) in [5, 5.41) is 3.72. The maximum atomic E-state index is 5.87. The quantitative estimate of drug-likeness (QED) is 0.901. The van der Waals surface area contributed by atoms with Gasteiger partial charge in [-0.15, -0.1) is 0 Å². The Morgan fingerprint density at radius 2 is 2.18 bits per heavy atom. The number of pyridine rings is 1. The minimum Gasteiger partial charge on any atom is -0.487 e. The number of hydrogen-bond donors (Lipinski definition) is 1. The zero-order chi connectivity index (χ0) is 12.1. The summed E-state index contributed by atoms with van der Waals surface area (Å²) >= 11 is 5.87. The summed E-state index contributed by atoms with van der Waals surface area (Å²) in [7, 11) is 1.87. The molecule has 1 N–H and O–H groups in total. The van der Waals surface area contributed by atoms with Crippen molar-refractivity contribution in [2.75, 3.05) is 12.4 Å². The van der Waals surface area contributed by atoms with Gasteiger partial charge in [-0.25, -0.2) is 0 Å². The highest BCUT2D eigenvalue weighted by Gasteiger charge is 1.99. The smallest absolute Gasteiger partial charge is 0.130 e. The maximum Gasteiger partial charge on any atom is 0.130 e. The van der Waals surface area contributed by atoms with Crippen LogP contribution in [-0.4, -0.2) is 12.0 Å². The Bertz CT molecular complexity index is 502. The third-order valence-electron chi connectivity index (χ3n) is 2.29. The first-order valence-corrected chi connectivity index (χ1v) is 5.67. The number of anilines is 1. The largest absolute Gasteiger partial charge is 0.487 e. The zero-order valence-corrected chi connectivity index (χ0v) is 10.2. The first-order chi connectivity index (χ1) is 8.28. The van der Waals surface area contributed by atoms with Crippen molar-refractivity contribution >= 4 is 17.3 Å². The number of hydrogen-bond acceptors (Lipinski definition) is 3. The molecule has 0 aliphatic heterocycles. The number of benzene rings is 1. The Hall–Kier alpha value is -1.74. The summed E-state index contributed by atoms with van der Waals surface area (Å²) in [6.07, 6.45) is 1.75. The van der Waals surface area contributed by atoms with E-state index in [4.69, 9.17) is 16.3 Å². The molecule has 0 aliphatic carbocycles. The van der Waals surface area contributed by atoms with Crippen LogP contribution in [0, 0.1) is 0 Å². The number of ether oxygens (including phenoxy) is 1. The van der Waals surface area contributed by atoms with Gasteiger partial charge in [-0.1, -0.05) is 17.7 Å². The molecule has 3 nitrogen and oxygen atoms in total. The van der Waals surface area contributed by atoms with E-state index in [0.29, 0.717) is 11.6 Å². The molecule has 0 saturated heterocycles. The lowest BCUT2D eigenvalue weighted by Crippen LogP contribution is -1.99. The topological polar surface area (TPSA) is 34.2 Å². The molecule has 88 valence electrons. The summed E-state index contributed by atoms with van der Waals surface area (Å²) in [5.74, 6) is 0.745. The third-order valence-corrected chi connectivity index (χ3v) is 2.52.